The highest BCUT2D eigenvalue weighted by Gasteiger charge is 2.44. The van der Waals surface area contributed by atoms with E-state index in [4.69, 9.17) is 4.74 Å². The summed E-state index contributed by atoms with van der Waals surface area (Å²) in [6.07, 6.45) is 11.0. The highest BCUT2D eigenvalue weighted by atomic mass is 16.5. The predicted octanol–water partition coefficient (Wildman–Crippen LogP) is 1.71. The molecule has 1 aromatic rings. The smallest absolute Gasteiger partial charge is 0.290 e. The number of nitrogens with one attached hydrogen (secondary N) is 1. The summed E-state index contributed by atoms with van der Waals surface area (Å²) >= 11 is 0. The van der Waals surface area contributed by atoms with Gasteiger partial charge in [-0.1, -0.05) is 25.3 Å². The molecule has 28 heavy (non-hydrogen) atoms. The lowest BCUT2D eigenvalue weighted by molar-refractivity contribution is -0.144. The number of nitrogens with zero attached hydrogens (tertiary/aromatic N) is 4. The number of ether oxygens (including phenoxy) is 1. The van der Waals surface area contributed by atoms with Crippen LogP contribution in [0.4, 0.5) is 0 Å². The zero-order valence-electron chi connectivity index (χ0n) is 16.6. The number of carbonyl (C=O) groups is 2. The van der Waals surface area contributed by atoms with Gasteiger partial charge in [-0.3, -0.25) is 14.2 Å². The first-order valence-electron chi connectivity index (χ1n) is 10.0. The van der Waals surface area contributed by atoms with Crippen molar-refractivity contribution in [2.24, 2.45) is 0 Å². The minimum Gasteiger partial charge on any atom is -0.357 e. The molecule has 8 heteroatoms. The van der Waals surface area contributed by atoms with E-state index in [1.807, 2.05) is 23.6 Å². The maximum Gasteiger partial charge on any atom is 0.290 e. The zero-order chi connectivity index (χ0) is 19.9. The standard InChI is InChI=1S/C20H27N5O3/c1-4-28-20(19(27)24(2)3)11-10-14-15(12-20)25-16(13-8-6-5-7-9-13)22-23-17(25)18(26)21-14/h10-14H,4-9H2,1-3H3,(H,21,26). The first kappa shape index (κ1) is 18.9. The molecule has 0 aromatic carbocycles. The van der Waals surface area contributed by atoms with Crippen LogP contribution < -0.4 is 5.32 Å². The van der Waals surface area contributed by atoms with Crippen LogP contribution in [-0.2, 0) is 9.53 Å². The molecule has 3 aliphatic rings. The highest BCUT2D eigenvalue weighted by molar-refractivity contribution is 5.98. The number of hydrogen-bond donors (Lipinski definition) is 1. The maximum absolute atomic E-state index is 13.0. The van der Waals surface area contributed by atoms with Gasteiger partial charge in [0.05, 0.1) is 11.7 Å². The zero-order valence-corrected chi connectivity index (χ0v) is 16.6. The van der Waals surface area contributed by atoms with E-state index < -0.39 is 5.60 Å². The second-order valence-corrected chi connectivity index (χ2v) is 7.86. The molecule has 1 aliphatic heterocycles. The third kappa shape index (κ3) is 2.96. The Morgan fingerprint density at radius 3 is 2.75 bits per heavy atom. The molecule has 1 fully saturated rings. The Kier molecular flexibility index (Phi) is 4.82. The molecule has 2 heterocycles. The average Bonchev–Trinajstić information content (AvgIpc) is 3.15. The Labute approximate surface area is 164 Å². The topological polar surface area (TPSA) is 89.3 Å². The van der Waals surface area contributed by atoms with Gasteiger partial charge in [-0.25, -0.2) is 0 Å². The first-order chi connectivity index (χ1) is 13.5. The molecular formula is C20H27N5O3. The minimum atomic E-state index is -1.20. The van der Waals surface area contributed by atoms with Crippen molar-refractivity contribution in [2.75, 3.05) is 20.7 Å². The Morgan fingerprint density at radius 1 is 1.32 bits per heavy atom. The maximum atomic E-state index is 13.0. The Morgan fingerprint density at radius 2 is 2.07 bits per heavy atom. The van der Waals surface area contributed by atoms with Crippen molar-refractivity contribution in [3.63, 3.8) is 0 Å². The quantitative estimate of drug-likeness (QED) is 0.797. The molecule has 2 amide bonds. The van der Waals surface area contributed by atoms with Gasteiger partial charge >= 0.3 is 0 Å². The molecule has 2 aliphatic carbocycles. The summed E-state index contributed by atoms with van der Waals surface area (Å²) in [4.78, 5) is 27.0. The van der Waals surface area contributed by atoms with Crippen LogP contribution >= 0.6 is 0 Å². The average molecular weight is 385 g/mol. The monoisotopic (exact) mass is 385 g/mol. The van der Waals surface area contributed by atoms with Gasteiger partial charge in [0.1, 0.15) is 5.82 Å². The normalized spacial score (nSPS) is 26.9. The number of hydrogen-bond acceptors (Lipinski definition) is 5. The third-order valence-electron chi connectivity index (χ3n) is 5.75. The number of fused-ring (bicyclic) bond motifs is 3. The van der Waals surface area contributed by atoms with Crippen molar-refractivity contribution < 1.29 is 14.3 Å². The van der Waals surface area contributed by atoms with Crippen molar-refractivity contribution in [3.05, 3.63) is 29.9 Å². The molecule has 1 saturated carbocycles. The molecule has 0 bridgehead atoms. The van der Waals surface area contributed by atoms with Crippen molar-refractivity contribution in [1.29, 1.82) is 0 Å². The van der Waals surface area contributed by atoms with Crippen LogP contribution in [0.3, 0.4) is 0 Å². The van der Waals surface area contributed by atoms with Gasteiger partial charge in [0, 0.05) is 26.6 Å². The molecule has 1 aromatic heterocycles. The van der Waals surface area contributed by atoms with E-state index in [-0.39, 0.29) is 29.6 Å². The van der Waals surface area contributed by atoms with E-state index in [2.05, 4.69) is 15.5 Å². The summed E-state index contributed by atoms with van der Waals surface area (Å²) < 4.78 is 7.79. The fourth-order valence-electron chi connectivity index (χ4n) is 4.42. The van der Waals surface area contributed by atoms with E-state index >= 15 is 0 Å². The Balaban J connectivity index is 1.83. The largest absolute Gasteiger partial charge is 0.357 e. The van der Waals surface area contributed by atoms with Crippen molar-refractivity contribution in [1.82, 2.24) is 25.0 Å². The number of likely N-dealkylation sites (N-methyl/N-ethyl adjacent to an activating group) is 1. The molecule has 2 atom stereocenters. The summed E-state index contributed by atoms with van der Waals surface area (Å²) in [5, 5.41) is 11.5. The molecule has 150 valence electrons. The van der Waals surface area contributed by atoms with Crippen LogP contribution in [0.1, 0.15) is 61.4 Å². The van der Waals surface area contributed by atoms with Gasteiger partial charge in [-0.05, 0) is 31.9 Å². The molecule has 1 N–H and O–H groups in total. The number of carbonyl (C=O) groups excluding carboxylic acids is 2. The first-order valence-corrected chi connectivity index (χ1v) is 10.0. The molecule has 0 radical (unpaired) electrons. The molecular weight excluding hydrogens is 358 g/mol. The van der Waals surface area contributed by atoms with E-state index in [1.165, 1.54) is 11.3 Å². The highest BCUT2D eigenvalue weighted by Crippen LogP contribution is 2.37. The number of aromatic nitrogens is 3. The minimum absolute atomic E-state index is 0.165. The van der Waals surface area contributed by atoms with Crippen molar-refractivity contribution in [3.8, 4) is 0 Å². The summed E-state index contributed by atoms with van der Waals surface area (Å²) in [6.45, 7) is 2.25. The second kappa shape index (κ2) is 7.16. The van der Waals surface area contributed by atoms with E-state index in [9.17, 15) is 9.59 Å². The number of rotatable bonds is 4. The molecule has 4 rings (SSSR count). The molecule has 8 nitrogen and oxygen atoms in total. The summed E-state index contributed by atoms with van der Waals surface area (Å²) in [5.41, 5.74) is -0.413. The van der Waals surface area contributed by atoms with Crippen LogP contribution in [-0.4, -0.2) is 63.8 Å². The van der Waals surface area contributed by atoms with Gasteiger partial charge in [0.2, 0.25) is 5.82 Å². The fourth-order valence-corrected chi connectivity index (χ4v) is 4.42. The summed E-state index contributed by atoms with van der Waals surface area (Å²) in [5.74, 6) is 0.964. The lowest BCUT2D eigenvalue weighted by atomic mass is 9.87. The van der Waals surface area contributed by atoms with Gasteiger partial charge in [-0.2, -0.15) is 0 Å². The van der Waals surface area contributed by atoms with Crippen LogP contribution in [0.2, 0.25) is 0 Å². The lowest BCUT2D eigenvalue weighted by Crippen LogP contribution is -2.51. The van der Waals surface area contributed by atoms with Crippen LogP contribution in [0.5, 0.6) is 0 Å². The summed E-state index contributed by atoms with van der Waals surface area (Å²) in [7, 11) is 3.42. The molecule has 2 unspecified atom stereocenters. The van der Waals surface area contributed by atoms with Gasteiger partial charge in [-0.15, -0.1) is 10.2 Å². The molecule has 0 saturated heterocycles. The van der Waals surface area contributed by atoms with Gasteiger partial charge < -0.3 is 15.0 Å². The fraction of sp³-hybridized carbons (Fsp3) is 0.600. The SMILES string of the molecule is CCOC1(C(=O)N(C)C)C=CC2NC(=O)c3nnc(C4CCCCC4)n3C2=C1. The third-order valence-corrected chi connectivity index (χ3v) is 5.75. The van der Waals surface area contributed by atoms with E-state index in [1.54, 1.807) is 20.2 Å². The second-order valence-electron chi connectivity index (χ2n) is 7.86. The Hall–Kier alpha value is -2.48. The van der Waals surface area contributed by atoms with Crippen LogP contribution in [0, 0.1) is 0 Å². The molecule has 0 spiro atoms. The van der Waals surface area contributed by atoms with Crippen LogP contribution in [0.25, 0.3) is 5.70 Å². The van der Waals surface area contributed by atoms with Gasteiger partial charge in [0.15, 0.2) is 5.60 Å². The van der Waals surface area contributed by atoms with Gasteiger partial charge in [0.25, 0.3) is 11.8 Å². The number of amides is 2. The van der Waals surface area contributed by atoms with E-state index in [0.29, 0.717) is 6.61 Å². The predicted molar refractivity (Wildman–Crippen MR) is 104 cm³/mol. The Bertz CT molecular complexity index is 850. The lowest BCUT2D eigenvalue weighted by Gasteiger charge is -2.37. The van der Waals surface area contributed by atoms with Crippen LogP contribution in [0.15, 0.2) is 18.2 Å². The summed E-state index contributed by atoms with van der Waals surface area (Å²) in [6, 6.07) is -0.332. The van der Waals surface area contributed by atoms with E-state index in [0.717, 1.165) is 37.2 Å². The van der Waals surface area contributed by atoms with Crippen molar-refractivity contribution >= 4 is 17.5 Å². The van der Waals surface area contributed by atoms with Crippen molar-refractivity contribution in [2.45, 2.75) is 56.6 Å².